The summed E-state index contributed by atoms with van der Waals surface area (Å²) < 4.78 is 24.6. The quantitative estimate of drug-likeness (QED) is 0.327. The minimum atomic E-state index is -2.51. The fourth-order valence-corrected chi connectivity index (χ4v) is 4.92. The molecule has 0 radical (unpaired) electrons. The van der Waals surface area contributed by atoms with Crippen molar-refractivity contribution < 1.29 is 18.4 Å². The smallest absolute Gasteiger partial charge is 0.256 e. The number of nitrogens with zero attached hydrogens (tertiary/aromatic N) is 4. The largest absolute Gasteiger partial charge is 0.335 e. The number of aryl methyl sites for hydroxylation is 2. The van der Waals surface area contributed by atoms with E-state index in [0.29, 0.717) is 39.6 Å². The van der Waals surface area contributed by atoms with Gasteiger partial charge < -0.3 is 9.80 Å². The molecule has 0 saturated heterocycles. The topological polar surface area (TPSA) is 66.4 Å². The number of hydrogen-bond acceptors (Lipinski definition) is 4. The predicted molar refractivity (Wildman–Crippen MR) is 165 cm³/mol. The number of fused-ring (bicyclic) bond motifs is 2. The molecule has 4 heterocycles. The number of rotatable bonds is 3. The first-order chi connectivity index (χ1) is 19.4. The fraction of sp³-hybridized carbons (Fsp3) is 0.613. The van der Waals surface area contributed by atoms with E-state index >= 15 is 0 Å². The molecule has 10 heteroatoms. The maximum Gasteiger partial charge on any atom is 0.256 e. The van der Waals surface area contributed by atoms with Crippen LogP contribution in [0.4, 0.5) is 8.78 Å². The molecule has 230 valence electrons. The number of halogens is 4. The average molecular weight is 616 g/mol. The van der Waals surface area contributed by atoms with Gasteiger partial charge >= 0.3 is 0 Å². The molecule has 0 aromatic carbocycles. The Balaban J connectivity index is 0.000000328. The summed E-state index contributed by atoms with van der Waals surface area (Å²) in [4.78, 5) is 35.7. The van der Waals surface area contributed by atoms with Gasteiger partial charge in [0.2, 0.25) is 0 Å². The third-order valence-corrected chi connectivity index (χ3v) is 6.44. The van der Waals surface area contributed by atoms with E-state index in [0.717, 1.165) is 53.4 Å². The van der Waals surface area contributed by atoms with Gasteiger partial charge in [-0.15, -0.1) is 0 Å². The second kappa shape index (κ2) is 17.6. The molecule has 41 heavy (non-hydrogen) atoms. The van der Waals surface area contributed by atoms with Gasteiger partial charge in [0.15, 0.2) is 0 Å². The van der Waals surface area contributed by atoms with Gasteiger partial charge in [-0.2, -0.15) is 0 Å². The van der Waals surface area contributed by atoms with Gasteiger partial charge in [0, 0.05) is 32.0 Å². The fourth-order valence-electron chi connectivity index (χ4n) is 4.38. The van der Waals surface area contributed by atoms with Crippen molar-refractivity contribution >= 4 is 35.0 Å². The molecule has 0 atom stereocenters. The number of alkyl halides is 2. The Morgan fingerprint density at radius 2 is 1.24 bits per heavy atom. The lowest BCUT2D eigenvalue weighted by molar-refractivity contribution is 0.0535. The normalized spacial score (nSPS) is 15.3. The van der Waals surface area contributed by atoms with Crippen LogP contribution >= 0.6 is 23.2 Å². The number of carbonyl (C=O) groups is 2. The molecule has 5 rings (SSSR count). The Hall–Kier alpha value is -2.32. The first-order valence-electron chi connectivity index (χ1n) is 14.6. The molecule has 6 nitrogen and oxygen atoms in total. The highest BCUT2D eigenvalue weighted by Crippen LogP contribution is 2.32. The Bertz CT molecular complexity index is 1150. The van der Waals surface area contributed by atoms with Gasteiger partial charge in [-0.1, -0.05) is 71.7 Å². The van der Waals surface area contributed by atoms with Crippen molar-refractivity contribution in [3.8, 4) is 0 Å². The van der Waals surface area contributed by atoms with Crippen LogP contribution < -0.4 is 0 Å². The van der Waals surface area contributed by atoms with E-state index in [2.05, 4.69) is 30.7 Å². The van der Waals surface area contributed by atoms with Crippen LogP contribution in [0.2, 0.25) is 10.3 Å². The molecule has 1 fully saturated rings. The molecule has 0 spiro atoms. The SMILES string of the molecule is CC.CC.CC(C)C.Cc1cc(Cl)nc2c1C(=O)N(C1CC1)CC2.Cc1cc(Cl)nc2c1C(=O)N(CC(F)F)CC2. The Kier molecular flexibility index (Phi) is 15.8. The predicted octanol–water partition coefficient (Wildman–Crippen LogP) is 8.23. The maximum atomic E-state index is 12.3. The van der Waals surface area contributed by atoms with Crippen LogP contribution in [-0.2, 0) is 12.8 Å². The van der Waals surface area contributed by atoms with Crippen LogP contribution in [0.25, 0.3) is 0 Å². The van der Waals surface area contributed by atoms with E-state index in [1.54, 1.807) is 19.1 Å². The highest BCUT2D eigenvalue weighted by atomic mass is 35.5. The van der Waals surface area contributed by atoms with Crippen molar-refractivity contribution in [2.24, 2.45) is 5.92 Å². The summed E-state index contributed by atoms with van der Waals surface area (Å²) in [5.74, 6) is 0.596. The lowest BCUT2D eigenvalue weighted by atomic mass is 10.00. The summed E-state index contributed by atoms with van der Waals surface area (Å²) in [5.41, 5.74) is 4.30. The summed E-state index contributed by atoms with van der Waals surface area (Å²) in [5, 5.41) is 0.820. The molecule has 0 bridgehead atoms. The highest BCUT2D eigenvalue weighted by molar-refractivity contribution is 6.30. The number of pyridine rings is 2. The molecule has 1 saturated carbocycles. The first kappa shape index (κ1) is 36.7. The van der Waals surface area contributed by atoms with Crippen molar-refractivity contribution in [2.45, 2.75) is 100 Å². The van der Waals surface area contributed by atoms with E-state index in [9.17, 15) is 18.4 Å². The maximum absolute atomic E-state index is 12.3. The molecular formula is C31H46Cl2F2N4O2. The van der Waals surface area contributed by atoms with E-state index in [-0.39, 0.29) is 18.4 Å². The van der Waals surface area contributed by atoms with Crippen LogP contribution in [0.15, 0.2) is 12.1 Å². The molecule has 0 unspecified atom stereocenters. The molecule has 3 aliphatic rings. The molecular weight excluding hydrogens is 569 g/mol. The minimum absolute atomic E-state index is 0.144. The van der Waals surface area contributed by atoms with Crippen LogP contribution in [0.1, 0.15) is 105 Å². The molecule has 0 N–H and O–H groups in total. The van der Waals surface area contributed by atoms with Crippen molar-refractivity contribution in [1.29, 1.82) is 0 Å². The number of hydrogen-bond donors (Lipinski definition) is 0. The van der Waals surface area contributed by atoms with Gasteiger partial charge in [0.05, 0.1) is 29.1 Å². The van der Waals surface area contributed by atoms with Crippen molar-refractivity contribution in [3.05, 3.63) is 56.1 Å². The Labute approximate surface area is 254 Å². The molecule has 1 aliphatic carbocycles. The summed E-state index contributed by atoms with van der Waals surface area (Å²) in [6.07, 6.45) is 1.09. The standard InChI is InChI=1S/C12H13ClN2O.C11H11ClF2N2O.C4H10.2C2H6/c1-7-6-10(13)14-9-4-5-15(8-2-3-8)12(16)11(7)9;1-6-4-8(12)15-7-2-3-16(5-9(13)14)11(17)10(6)7;1-4(2)3;2*1-2/h6,8H,2-5H2,1H3;4,9H,2-3,5H2,1H3;4H,1-3H3;2*1-2H3. The van der Waals surface area contributed by atoms with E-state index in [1.165, 1.54) is 0 Å². The molecule has 2 aromatic heterocycles. The van der Waals surface area contributed by atoms with Gasteiger partial charge in [0.1, 0.15) is 10.3 Å². The van der Waals surface area contributed by atoms with E-state index in [1.807, 2.05) is 39.5 Å². The third kappa shape index (κ3) is 10.8. The lowest BCUT2D eigenvalue weighted by Crippen LogP contribution is -2.41. The van der Waals surface area contributed by atoms with Crippen LogP contribution in [0.5, 0.6) is 0 Å². The van der Waals surface area contributed by atoms with Crippen LogP contribution in [0, 0.1) is 19.8 Å². The summed E-state index contributed by atoms with van der Waals surface area (Å²) in [6.45, 7) is 18.7. The van der Waals surface area contributed by atoms with Gasteiger partial charge in [-0.25, -0.2) is 18.7 Å². The van der Waals surface area contributed by atoms with Crippen molar-refractivity contribution in [2.75, 3.05) is 19.6 Å². The Morgan fingerprint density at radius 3 is 1.66 bits per heavy atom. The molecule has 2 aromatic rings. The molecule has 2 amide bonds. The Morgan fingerprint density at radius 1 is 0.829 bits per heavy atom. The third-order valence-electron chi connectivity index (χ3n) is 6.05. The second-order valence-electron chi connectivity index (χ2n) is 10.3. The summed E-state index contributed by atoms with van der Waals surface area (Å²) >= 11 is 11.7. The minimum Gasteiger partial charge on any atom is -0.335 e. The van der Waals surface area contributed by atoms with Crippen molar-refractivity contribution in [3.63, 3.8) is 0 Å². The zero-order chi connectivity index (χ0) is 31.4. The summed E-state index contributed by atoms with van der Waals surface area (Å²) in [6, 6.07) is 3.83. The lowest BCUT2D eigenvalue weighted by Gasteiger charge is -2.29. The van der Waals surface area contributed by atoms with Crippen molar-refractivity contribution in [1.82, 2.24) is 19.8 Å². The molecule has 2 aliphatic heterocycles. The van der Waals surface area contributed by atoms with E-state index in [4.69, 9.17) is 23.2 Å². The van der Waals surface area contributed by atoms with Crippen LogP contribution in [0.3, 0.4) is 0 Å². The zero-order valence-corrected chi connectivity index (χ0v) is 27.5. The highest BCUT2D eigenvalue weighted by Gasteiger charge is 2.37. The average Bonchev–Trinajstić information content (AvgIpc) is 3.73. The first-order valence-corrected chi connectivity index (χ1v) is 15.3. The van der Waals surface area contributed by atoms with Gasteiger partial charge in [0.25, 0.3) is 18.2 Å². The number of carbonyl (C=O) groups excluding carboxylic acids is 2. The number of amides is 2. The number of aromatic nitrogens is 2. The van der Waals surface area contributed by atoms with Gasteiger partial charge in [-0.3, -0.25) is 9.59 Å². The van der Waals surface area contributed by atoms with Crippen LogP contribution in [-0.4, -0.2) is 63.7 Å². The summed E-state index contributed by atoms with van der Waals surface area (Å²) in [7, 11) is 0. The van der Waals surface area contributed by atoms with Gasteiger partial charge in [-0.05, 0) is 55.9 Å². The monoisotopic (exact) mass is 614 g/mol. The van der Waals surface area contributed by atoms with E-state index < -0.39 is 13.0 Å². The zero-order valence-electron chi connectivity index (χ0n) is 26.0. The second-order valence-corrected chi connectivity index (χ2v) is 11.0.